The molecule has 1 aliphatic rings. The number of benzene rings is 1. The number of carbonyl (C=O) groups is 1. The summed E-state index contributed by atoms with van der Waals surface area (Å²) in [6.45, 7) is 2.80. The van der Waals surface area contributed by atoms with Gasteiger partial charge in [-0.15, -0.1) is 0 Å². The number of carboxylic acid groups (broad SMARTS) is 1. The van der Waals surface area contributed by atoms with Crippen molar-refractivity contribution in [1.29, 1.82) is 0 Å². The van der Waals surface area contributed by atoms with Crippen LogP contribution in [0.5, 0.6) is 5.75 Å². The van der Waals surface area contributed by atoms with Gasteiger partial charge in [0.2, 0.25) is 0 Å². The molecule has 20 heavy (non-hydrogen) atoms. The Labute approximate surface area is 120 Å². The van der Waals surface area contributed by atoms with Crippen molar-refractivity contribution in [3.63, 3.8) is 0 Å². The molecule has 0 unspecified atom stereocenters. The van der Waals surface area contributed by atoms with E-state index in [0.29, 0.717) is 12.6 Å². The maximum absolute atomic E-state index is 11.0. The minimum absolute atomic E-state index is 0.167. The first-order valence-corrected chi connectivity index (χ1v) is 7.42. The van der Waals surface area contributed by atoms with Crippen LogP contribution in [0.4, 0.5) is 5.69 Å². The molecule has 2 rings (SSSR count). The van der Waals surface area contributed by atoms with Crippen molar-refractivity contribution in [2.45, 2.75) is 45.1 Å². The Kier molecular flexibility index (Phi) is 5.27. The van der Waals surface area contributed by atoms with Gasteiger partial charge in [-0.05, 0) is 44.2 Å². The number of carboxylic acids is 1. The zero-order chi connectivity index (χ0) is 14.4. The first-order chi connectivity index (χ1) is 9.70. The minimum Gasteiger partial charge on any atom is -0.491 e. The third-order valence-electron chi connectivity index (χ3n) is 3.78. The summed E-state index contributed by atoms with van der Waals surface area (Å²) in [7, 11) is 0. The number of para-hydroxylation sites is 2. The summed E-state index contributed by atoms with van der Waals surface area (Å²) in [5.74, 6) is 0.0597. The van der Waals surface area contributed by atoms with E-state index < -0.39 is 5.97 Å². The normalized spacial score (nSPS) is 22.2. The van der Waals surface area contributed by atoms with Gasteiger partial charge in [-0.2, -0.15) is 0 Å². The fourth-order valence-corrected chi connectivity index (χ4v) is 2.63. The summed E-state index contributed by atoms with van der Waals surface area (Å²) in [4.78, 5) is 11.0. The van der Waals surface area contributed by atoms with E-state index in [1.807, 2.05) is 24.3 Å². The summed E-state index contributed by atoms with van der Waals surface area (Å²) in [5, 5.41) is 12.5. The summed E-state index contributed by atoms with van der Waals surface area (Å²) < 4.78 is 5.73. The van der Waals surface area contributed by atoms with Crippen LogP contribution in [0.1, 0.15) is 39.0 Å². The zero-order valence-electron chi connectivity index (χ0n) is 12.0. The number of rotatable bonds is 6. The van der Waals surface area contributed by atoms with Gasteiger partial charge in [0.05, 0.1) is 18.2 Å². The minimum atomic E-state index is -0.657. The second-order valence-corrected chi connectivity index (χ2v) is 5.38. The highest BCUT2D eigenvalue weighted by molar-refractivity contribution is 5.70. The molecule has 1 aliphatic carbocycles. The van der Waals surface area contributed by atoms with Gasteiger partial charge in [0.25, 0.3) is 0 Å². The fraction of sp³-hybridized carbons (Fsp3) is 0.562. The lowest BCUT2D eigenvalue weighted by Gasteiger charge is -2.28. The highest BCUT2D eigenvalue weighted by atomic mass is 16.5. The summed E-state index contributed by atoms with van der Waals surface area (Å²) in [5.41, 5.74) is 1.01. The van der Waals surface area contributed by atoms with E-state index in [1.54, 1.807) is 0 Å². The molecule has 1 saturated carbocycles. The first kappa shape index (κ1) is 14.7. The Hall–Kier alpha value is -1.71. The molecular weight excluding hydrogens is 254 g/mol. The van der Waals surface area contributed by atoms with Crippen molar-refractivity contribution in [2.24, 2.45) is 5.92 Å². The lowest BCUT2D eigenvalue weighted by molar-refractivity contribution is -0.142. The van der Waals surface area contributed by atoms with E-state index >= 15 is 0 Å². The fourth-order valence-electron chi connectivity index (χ4n) is 2.63. The van der Waals surface area contributed by atoms with Crippen molar-refractivity contribution < 1.29 is 14.6 Å². The maximum atomic E-state index is 11.0. The van der Waals surface area contributed by atoms with Gasteiger partial charge < -0.3 is 15.2 Å². The van der Waals surface area contributed by atoms with Crippen LogP contribution >= 0.6 is 0 Å². The van der Waals surface area contributed by atoms with Crippen molar-refractivity contribution in [2.75, 3.05) is 11.9 Å². The Morgan fingerprint density at radius 1 is 1.30 bits per heavy atom. The number of aliphatic carboxylic acids is 1. The Balaban J connectivity index is 1.92. The second-order valence-electron chi connectivity index (χ2n) is 5.38. The van der Waals surface area contributed by atoms with E-state index in [0.717, 1.165) is 43.5 Å². The SMILES string of the molecule is CCCOc1ccccc1NC1CCC(C(=O)O)CC1. The van der Waals surface area contributed by atoms with Crippen molar-refractivity contribution >= 4 is 11.7 Å². The predicted molar refractivity (Wildman–Crippen MR) is 79.2 cm³/mol. The quantitative estimate of drug-likeness (QED) is 0.835. The van der Waals surface area contributed by atoms with Crippen molar-refractivity contribution in [1.82, 2.24) is 0 Å². The van der Waals surface area contributed by atoms with Gasteiger partial charge in [-0.1, -0.05) is 19.1 Å². The molecular formula is C16H23NO3. The summed E-state index contributed by atoms with van der Waals surface area (Å²) in [6.07, 6.45) is 4.30. The molecule has 0 radical (unpaired) electrons. The molecule has 1 fully saturated rings. The molecule has 4 heteroatoms. The van der Waals surface area contributed by atoms with Crippen LogP contribution < -0.4 is 10.1 Å². The van der Waals surface area contributed by atoms with Crippen LogP contribution in [0.3, 0.4) is 0 Å². The lowest BCUT2D eigenvalue weighted by Crippen LogP contribution is -2.29. The molecule has 0 spiro atoms. The van der Waals surface area contributed by atoms with Crippen LogP contribution in [0, 0.1) is 5.92 Å². The molecule has 4 nitrogen and oxygen atoms in total. The van der Waals surface area contributed by atoms with E-state index in [2.05, 4.69) is 12.2 Å². The highest BCUT2D eigenvalue weighted by Crippen LogP contribution is 2.30. The summed E-state index contributed by atoms with van der Waals surface area (Å²) >= 11 is 0. The van der Waals surface area contributed by atoms with Crippen LogP contribution in [-0.4, -0.2) is 23.7 Å². The third-order valence-corrected chi connectivity index (χ3v) is 3.78. The van der Waals surface area contributed by atoms with Gasteiger partial charge in [0.15, 0.2) is 0 Å². The molecule has 110 valence electrons. The zero-order valence-corrected chi connectivity index (χ0v) is 12.0. The number of hydrogen-bond donors (Lipinski definition) is 2. The van der Waals surface area contributed by atoms with Crippen LogP contribution in [0.15, 0.2) is 24.3 Å². The first-order valence-electron chi connectivity index (χ1n) is 7.42. The predicted octanol–water partition coefficient (Wildman–Crippen LogP) is 3.53. The molecule has 2 N–H and O–H groups in total. The standard InChI is InChI=1S/C16H23NO3/c1-2-11-20-15-6-4-3-5-14(15)17-13-9-7-12(8-10-13)16(18)19/h3-6,12-13,17H,2,7-11H2,1H3,(H,18,19). The average Bonchev–Trinajstić information content (AvgIpc) is 2.47. The van der Waals surface area contributed by atoms with Crippen LogP contribution in [-0.2, 0) is 4.79 Å². The van der Waals surface area contributed by atoms with Crippen LogP contribution in [0.2, 0.25) is 0 Å². The average molecular weight is 277 g/mol. The molecule has 0 bridgehead atoms. The highest BCUT2D eigenvalue weighted by Gasteiger charge is 2.26. The maximum Gasteiger partial charge on any atom is 0.306 e. The summed E-state index contributed by atoms with van der Waals surface area (Å²) in [6, 6.07) is 8.30. The molecule has 0 amide bonds. The number of anilines is 1. The third kappa shape index (κ3) is 3.89. The molecule has 0 aliphatic heterocycles. The van der Waals surface area contributed by atoms with Gasteiger partial charge in [-0.25, -0.2) is 0 Å². The Morgan fingerprint density at radius 2 is 2.00 bits per heavy atom. The number of ether oxygens (including phenoxy) is 1. The van der Waals surface area contributed by atoms with Crippen molar-refractivity contribution in [3.8, 4) is 5.75 Å². The second kappa shape index (κ2) is 7.17. The van der Waals surface area contributed by atoms with Gasteiger partial charge in [0, 0.05) is 6.04 Å². The monoisotopic (exact) mass is 277 g/mol. The largest absolute Gasteiger partial charge is 0.491 e. The Bertz CT molecular complexity index is 439. The molecule has 1 aromatic rings. The van der Waals surface area contributed by atoms with E-state index in [-0.39, 0.29) is 5.92 Å². The van der Waals surface area contributed by atoms with Crippen LogP contribution in [0.25, 0.3) is 0 Å². The van der Waals surface area contributed by atoms with Gasteiger partial charge in [-0.3, -0.25) is 4.79 Å². The molecule has 0 aromatic heterocycles. The van der Waals surface area contributed by atoms with E-state index in [9.17, 15) is 4.79 Å². The van der Waals surface area contributed by atoms with E-state index in [4.69, 9.17) is 9.84 Å². The van der Waals surface area contributed by atoms with Gasteiger partial charge in [0.1, 0.15) is 5.75 Å². The van der Waals surface area contributed by atoms with Gasteiger partial charge >= 0.3 is 5.97 Å². The number of nitrogens with one attached hydrogen (secondary N) is 1. The van der Waals surface area contributed by atoms with E-state index in [1.165, 1.54) is 0 Å². The number of hydrogen-bond acceptors (Lipinski definition) is 3. The Morgan fingerprint density at radius 3 is 2.65 bits per heavy atom. The molecule has 0 saturated heterocycles. The molecule has 0 atom stereocenters. The molecule has 0 heterocycles. The molecule has 1 aromatic carbocycles. The lowest BCUT2D eigenvalue weighted by atomic mass is 9.86. The smallest absolute Gasteiger partial charge is 0.306 e. The topological polar surface area (TPSA) is 58.6 Å². The van der Waals surface area contributed by atoms with Crippen molar-refractivity contribution in [3.05, 3.63) is 24.3 Å².